The van der Waals surface area contributed by atoms with E-state index in [0.29, 0.717) is 5.88 Å². The number of pyridine rings is 1. The molecule has 0 aliphatic carbocycles. The summed E-state index contributed by atoms with van der Waals surface area (Å²) in [6.45, 7) is 1.95. The highest BCUT2D eigenvalue weighted by Gasteiger charge is 2.15. The largest absolute Gasteiger partial charge is 0.472 e. The summed E-state index contributed by atoms with van der Waals surface area (Å²) in [5, 5.41) is 11.6. The zero-order valence-corrected chi connectivity index (χ0v) is 10.6. The Hall–Kier alpha value is -2.01. The monoisotopic (exact) mass is 256 g/mol. The van der Waals surface area contributed by atoms with Gasteiger partial charge in [0.25, 0.3) is 0 Å². The average molecular weight is 256 g/mol. The number of rotatable bonds is 3. The van der Waals surface area contributed by atoms with Crippen molar-refractivity contribution < 1.29 is 4.74 Å². The van der Waals surface area contributed by atoms with E-state index < -0.39 is 0 Å². The molecule has 5 heteroatoms. The Morgan fingerprint density at radius 2 is 2.11 bits per heavy atom. The molecule has 1 N–H and O–H groups in total. The third-order valence-corrected chi connectivity index (χ3v) is 3.11. The van der Waals surface area contributed by atoms with Gasteiger partial charge in [-0.05, 0) is 37.6 Å². The molecule has 1 atom stereocenters. The van der Waals surface area contributed by atoms with E-state index >= 15 is 0 Å². The molecule has 0 aromatic carbocycles. The molecule has 98 valence electrons. The van der Waals surface area contributed by atoms with Crippen molar-refractivity contribution in [3.05, 3.63) is 36.5 Å². The summed E-state index contributed by atoms with van der Waals surface area (Å²) in [7, 11) is 0. The molecular weight excluding hydrogens is 240 g/mol. The van der Waals surface area contributed by atoms with Crippen molar-refractivity contribution in [2.24, 2.45) is 0 Å². The fraction of sp³-hybridized carbons (Fsp3) is 0.357. The van der Waals surface area contributed by atoms with Crippen LogP contribution in [0.1, 0.15) is 12.8 Å². The Morgan fingerprint density at radius 3 is 2.79 bits per heavy atom. The topological polar surface area (TPSA) is 59.9 Å². The number of nitrogens with one attached hydrogen (secondary N) is 1. The summed E-state index contributed by atoms with van der Waals surface area (Å²) in [4.78, 5) is 4.24. The molecular formula is C14H16N4O. The van der Waals surface area contributed by atoms with E-state index in [1.165, 1.54) is 0 Å². The van der Waals surface area contributed by atoms with Crippen LogP contribution in [-0.2, 0) is 0 Å². The summed E-state index contributed by atoms with van der Waals surface area (Å²) in [5.74, 6) is 0.577. The van der Waals surface area contributed by atoms with Crippen LogP contribution in [0.3, 0.4) is 0 Å². The van der Waals surface area contributed by atoms with Crippen molar-refractivity contribution in [1.29, 1.82) is 0 Å². The van der Waals surface area contributed by atoms with Crippen LogP contribution in [0.15, 0.2) is 36.5 Å². The van der Waals surface area contributed by atoms with Gasteiger partial charge in [-0.3, -0.25) is 4.98 Å². The second-order valence-corrected chi connectivity index (χ2v) is 4.56. The van der Waals surface area contributed by atoms with Crippen molar-refractivity contribution >= 4 is 0 Å². The Morgan fingerprint density at radius 1 is 1.11 bits per heavy atom. The molecule has 1 fully saturated rings. The zero-order valence-electron chi connectivity index (χ0n) is 10.6. The molecule has 1 saturated heterocycles. The number of aromatic nitrogens is 3. The quantitative estimate of drug-likeness (QED) is 0.905. The first-order valence-corrected chi connectivity index (χ1v) is 6.54. The highest BCUT2D eigenvalue weighted by Crippen LogP contribution is 2.16. The summed E-state index contributed by atoms with van der Waals surface area (Å²) < 4.78 is 5.79. The normalized spacial score (nSPS) is 19.1. The van der Waals surface area contributed by atoms with Gasteiger partial charge in [-0.15, -0.1) is 10.2 Å². The van der Waals surface area contributed by atoms with Gasteiger partial charge < -0.3 is 10.1 Å². The smallest absolute Gasteiger partial charge is 0.233 e. The molecule has 2 aromatic heterocycles. The molecule has 0 amide bonds. The summed E-state index contributed by atoms with van der Waals surface area (Å²) in [6.07, 6.45) is 4.15. The van der Waals surface area contributed by atoms with Gasteiger partial charge in [0, 0.05) is 18.8 Å². The van der Waals surface area contributed by atoms with Crippen molar-refractivity contribution in [3.8, 4) is 17.3 Å². The van der Waals surface area contributed by atoms with E-state index in [1.54, 1.807) is 6.20 Å². The number of piperidine rings is 1. The predicted octanol–water partition coefficient (Wildman–Crippen LogP) is 1.67. The van der Waals surface area contributed by atoms with Gasteiger partial charge in [0.05, 0.1) is 5.69 Å². The lowest BCUT2D eigenvalue weighted by molar-refractivity contribution is 0.159. The summed E-state index contributed by atoms with van der Waals surface area (Å²) in [5.41, 5.74) is 1.58. The van der Waals surface area contributed by atoms with Crippen molar-refractivity contribution in [3.63, 3.8) is 0 Å². The molecule has 3 rings (SSSR count). The van der Waals surface area contributed by atoms with Crippen LogP contribution in [-0.4, -0.2) is 34.4 Å². The maximum Gasteiger partial charge on any atom is 0.233 e. The van der Waals surface area contributed by atoms with Crippen molar-refractivity contribution in [1.82, 2.24) is 20.5 Å². The Kier molecular flexibility index (Phi) is 3.65. The predicted molar refractivity (Wildman–Crippen MR) is 71.8 cm³/mol. The minimum absolute atomic E-state index is 0.198. The molecule has 1 aliphatic rings. The Labute approximate surface area is 112 Å². The van der Waals surface area contributed by atoms with E-state index in [-0.39, 0.29) is 6.10 Å². The molecule has 0 saturated carbocycles. The lowest BCUT2D eigenvalue weighted by atomic mass is 10.1. The summed E-state index contributed by atoms with van der Waals surface area (Å²) >= 11 is 0. The van der Waals surface area contributed by atoms with E-state index in [1.807, 2.05) is 30.3 Å². The first-order valence-electron chi connectivity index (χ1n) is 6.54. The third kappa shape index (κ3) is 3.06. The molecule has 0 spiro atoms. The van der Waals surface area contributed by atoms with Crippen molar-refractivity contribution in [2.75, 3.05) is 13.1 Å². The second-order valence-electron chi connectivity index (χ2n) is 4.56. The van der Waals surface area contributed by atoms with Crippen LogP contribution >= 0.6 is 0 Å². The second kappa shape index (κ2) is 5.75. The number of ether oxygens (including phenoxy) is 1. The van der Waals surface area contributed by atoms with E-state index in [9.17, 15) is 0 Å². The maximum absolute atomic E-state index is 5.79. The molecule has 0 radical (unpaired) electrons. The van der Waals surface area contributed by atoms with E-state index in [2.05, 4.69) is 20.5 Å². The molecule has 3 heterocycles. The number of hydrogen-bond donors (Lipinski definition) is 1. The van der Waals surface area contributed by atoms with E-state index in [4.69, 9.17) is 4.74 Å². The SMILES string of the molecule is c1ccc(-c2ccc(OC3CCCNC3)nn2)nc1. The highest BCUT2D eigenvalue weighted by atomic mass is 16.5. The van der Waals surface area contributed by atoms with Gasteiger partial charge in [0.2, 0.25) is 5.88 Å². The van der Waals surface area contributed by atoms with Crippen LogP contribution in [0.4, 0.5) is 0 Å². The zero-order chi connectivity index (χ0) is 12.9. The molecule has 0 bridgehead atoms. The molecule has 2 aromatic rings. The molecule has 5 nitrogen and oxygen atoms in total. The molecule has 1 unspecified atom stereocenters. The van der Waals surface area contributed by atoms with Gasteiger partial charge in [-0.25, -0.2) is 0 Å². The minimum Gasteiger partial charge on any atom is -0.472 e. The van der Waals surface area contributed by atoms with Gasteiger partial charge in [-0.2, -0.15) is 0 Å². The van der Waals surface area contributed by atoms with Crippen LogP contribution < -0.4 is 10.1 Å². The van der Waals surface area contributed by atoms with Gasteiger partial charge >= 0.3 is 0 Å². The van der Waals surface area contributed by atoms with Crippen molar-refractivity contribution in [2.45, 2.75) is 18.9 Å². The third-order valence-electron chi connectivity index (χ3n) is 3.11. The van der Waals surface area contributed by atoms with Crippen LogP contribution in [0.2, 0.25) is 0 Å². The van der Waals surface area contributed by atoms with E-state index in [0.717, 1.165) is 37.3 Å². The summed E-state index contributed by atoms with van der Waals surface area (Å²) in [6, 6.07) is 9.47. The highest BCUT2D eigenvalue weighted by molar-refractivity contribution is 5.52. The number of nitrogens with zero attached hydrogens (tertiary/aromatic N) is 3. The minimum atomic E-state index is 0.198. The van der Waals surface area contributed by atoms with Gasteiger partial charge in [0.15, 0.2) is 0 Å². The Balaban J connectivity index is 1.68. The van der Waals surface area contributed by atoms with Gasteiger partial charge in [-0.1, -0.05) is 6.07 Å². The lowest BCUT2D eigenvalue weighted by Crippen LogP contribution is -2.37. The molecule has 1 aliphatic heterocycles. The fourth-order valence-corrected chi connectivity index (χ4v) is 2.12. The first kappa shape index (κ1) is 12.0. The average Bonchev–Trinajstić information content (AvgIpc) is 2.50. The van der Waals surface area contributed by atoms with Crippen LogP contribution in [0.5, 0.6) is 5.88 Å². The fourth-order valence-electron chi connectivity index (χ4n) is 2.12. The standard InChI is InChI=1S/C14H16N4O/c1-2-9-16-12(5-1)13-6-7-14(18-17-13)19-11-4-3-8-15-10-11/h1-2,5-7,9,11,15H,3-4,8,10H2. The maximum atomic E-state index is 5.79. The lowest BCUT2D eigenvalue weighted by Gasteiger charge is -2.22. The first-order chi connectivity index (χ1) is 9.42. The van der Waals surface area contributed by atoms with Crippen LogP contribution in [0.25, 0.3) is 11.4 Å². The Bertz CT molecular complexity index is 509. The van der Waals surface area contributed by atoms with Crippen LogP contribution in [0, 0.1) is 0 Å². The number of hydrogen-bond acceptors (Lipinski definition) is 5. The van der Waals surface area contributed by atoms with Gasteiger partial charge in [0.1, 0.15) is 11.8 Å². The molecule has 19 heavy (non-hydrogen) atoms.